The monoisotopic (exact) mass is 216 g/mol. The Labute approximate surface area is 97.5 Å². The Hall–Kier alpha value is -1.28. The molecule has 1 heterocycles. The zero-order valence-corrected chi connectivity index (χ0v) is 10.4. The van der Waals surface area contributed by atoms with Gasteiger partial charge < -0.3 is 9.47 Å². The van der Waals surface area contributed by atoms with Crippen molar-refractivity contribution < 1.29 is 0 Å². The number of para-hydroxylation sites is 1. The number of fused-ring (bicyclic) bond motifs is 1. The van der Waals surface area contributed by atoms with E-state index >= 15 is 0 Å². The number of benzene rings is 1. The van der Waals surface area contributed by atoms with Crippen molar-refractivity contribution in [1.82, 2.24) is 9.47 Å². The first-order valence-electron chi connectivity index (χ1n) is 5.94. The van der Waals surface area contributed by atoms with Gasteiger partial charge in [-0.05, 0) is 37.5 Å². The van der Waals surface area contributed by atoms with E-state index in [4.69, 9.17) is 0 Å². The van der Waals surface area contributed by atoms with E-state index in [1.807, 2.05) is 0 Å². The second kappa shape index (κ2) is 4.71. The minimum absolute atomic E-state index is 1.06. The van der Waals surface area contributed by atoms with Gasteiger partial charge in [-0.15, -0.1) is 0 Å². The van der Waals surface area contributed by atoms with Crippen LogP contribution in [0.1, 0.15) is 12.5 Å². The van der Waals surface area contributed by atoms with Crippen molar-refractivity contribution in [2.45, 2.75) is 19.9 Å². The lowest BCUT2D eigenvalue weighted by Gasteiger charge is -2.12. The van der Waals surface area contributed by atoms with E-state index in [0.717, 1.165) is 19.5 Å². The van der Waals surface area contributed by atoms with Gasteiger partial charge in [-0.2, -0.15) is 0 Å². The normalized spacial score (nSPS) is 11.5. The second-order valence-electron chi connectivity index (χ2n) is 4.52. The van der Waals surface area contributed by atoms with Crippen molar-refractivity contribution in [1.29, 1.82) is 0 Å². The van der Waals surface area contributed by atoms with E-state index in [2.05, 4.69) is 60.9 Å². The van der Waals surface area contributed by atoms with Gasteiger partial charge in [-0.25, -0.2) is 0 Å². The molecule has 0 atom stereocenters. The Bertz CT molecular complexity index is 469. The first kappa shape index (κ1) is 11.2. The van der Waals surface area contributed by atoms with Gasteiger partial charge in [0.1, 0.15) is 0 Å². The summed E-state index contributed by atoms with van der Waals surface area (Å²) in [6.45, 7) is 4.37. The van der Waals surface area contributed by atoms with Gasteiger partial charge in [0.2, 0.25) is 0 Å². The molecule has 0 aliphatic rings. The first-order chi connectivity index (χ1) is 7.72. The number of rotatable bonds is 4. The van der Waals surface area contributed by atoms with Crippen molar-refractivity contribution in [3.63, 3.8) is 0 Å². The fourth-order valence-corrected chi connectivity index (χ4v) is 2.12. The highest BCUT2D eigenvalue weighted by Gasteiger charge is 2.04. The smallest absolute Gasteiger partial charge is 0.0513 e. The molecule has 0 saturated heterocycles. The van der Waals surface area contributed by atoms with Crippen LogP contribution in [0, 0.1) is 0 Å². The Kier molecular flexibility index (Phi) is 3.30. The molecule has 2 rings (SSSR count). The largest absolute Gasteiger partial charge is 0.346 e. The molecule has 1 aromatic carbocycles. The number of likely N-dealkylation sites (N-methyl/N-ethyl adjacent to an activating group) is 1. The fraction of sp³-hybridized carbons (Fsp3) is 0.429. The standard InChI is InChI=1S/C14H20N2/c1-4-12-6-5-7-13-8-9-16(14(12)13)11-10-15(2)3/h5-9H,4,10-11H2,1-3H3. The van der Waals surface area contributed by atoms with E-state index in [0.29, 0.717) is 0 Å². The highest BCUT2D eigenvalue weighted by molar-refractivity contribution is 5.83. The molecule has 0 fully saturated rings. The van der Waals surface area contributed by atoms with Gasteiger partial charge in [-0.3, -0.25) is 0 Å². The molecule has 2 aromatic rings. The molecule has 0 unspecified atom stereocenters. The van der Waals surface area contributed by atoms with Gasteiger partial charge in [0.25, 0.3) is 0 Å². The van der Waals surface area contributed by atoms with Crippen molar-refractivity contribution in [2.75, 3.05) is 20.6 Å². The van der Waals surface area contributed by atoms with E-state index in [1.165, 1.54) is 16.5 Å². The molecule has 0 amide bonds. The third kappa shape index (κ3) is 2.12. The molecule has 86 valence electrons. The highest BCUT2D eigenvalue weighted by Crippen LogP contribution is 2.20. The minimum Gasteiger partial charge on any atom is -0.346 e. The first-order valence-corrected chi connectivity index (χ1v) is 5.94. The number of aryl methyl sites for hydroxylation is 1. The Morgan fingerprint density at radius 3 is 2.69 bits per heavy atom. The zero-order chi connectivity index (χ0) is 11.5. The summed E-state index contributed by atoms with van der Waals surface area (Å²) >= 11 is 0. The molecule has 16 heavy (non-hydrogen) atoms. The third-order valence-corrected chi connectivity index (χ3v) is 3.04. The van der Waals surface area contributed by atoms with Gasteiger partial charge in [0, 0.05) is 19.3 Å². The molecule has 0 saturated carbocycles. The fourth-order valence-electron chi connectivity index (χ4n) is 2.12. The predicted octanol–water partition coefficient (Wildman–Crippen LogP) is 2.77. The molecule has 0 aliphatic heterocycles. The van der Waals surface area contributed by atoms with Crippen LogP contribution in [0.3, 0.4) is 0 Å². The number of aromatic nitrogens is 1. The van der Waals surface area contributed by atoms with E-state index in [9.17, 15) is 0 Å². The van der Waals surface area contributed by atoms with Gasteiger partial charge in [0.15, 0.2) is 0 Å². The summed E-state index contributed by atoms with van der Waals surface area (Å²) in [6.07, 6.45) is 3.30. The summed E-state index contributed by atoms with van der Waals surface area (Å²) in [6, 6.07) is 8.79. The summed E-state index contributed by atoms with van der Waals surface area (Å²) in [5, 5.41) is 1.36. The Morgan fingerprint density at radius 1 is 1.19 bits per heavy atom. The van der Waals surface area contributed by atoms with Crippen molar-refractivity contribution >= 4 is 10.9 Å². The van der Waals surface area contributed by atoms with E-state index < -0.39 is 0 Å². The number of nitrogens with zero attached hydrogens (tertiary/aromatic N) is 2. The van der Waals surface area contributed by atoms with Crippen LogP contribution < -0.4 is 0 Å². The summed E-state index contributed by atoms with van der Waals surface area (Å²) in [5.41, 5.74) is 2.85. The Balaban J connectivity index is 2.38. The quantitative estimate of drug-likeness (QED) is 0.763. The molecule has 0 aliphatic carbocycles. The van der Waals surface area contributed by atoms with Crippen LogP contribution in [0.4, 0.5) is 0 Å². The highest BCUT2D eigenvalue weighted by atomic mass is 15.1. The summed E-state index contributed by atoms with van der Waals surface area (Å²) in [5.74, 6) is 0. The maximum atomic E-state index is 2.37. The minimum atomic E-state index is 1.06. The van der Waals surface area contributed by atoms with Crippen molar-refractivity contribution in [3.05, 3.63) is 36.0 Å². The Morgan fingerprint density at radius 2 is 2.00 bits per heavy atom. The SMILES string of the molecule is CCc1cccc2ccn(CCN(C)C)c12. The van der Waals surface area contributed by atoms with Gasteiger partial charge in [0.05, 0.1) is 5.52 Å². The van der Waals surface area contributed by atoms with Crippen LogP contribution in [-0.4, -0.2) is 30.1 Å². The maximum Gasteiger partial charge on any atom is 0.0513 e. The average Bonchev–Trinajstić information content (AvgIpc) is 2.69. The van der Waals surface area contributed by atoms with E-state index in [1.54, 1.807) is 0 Å². The van der Waals surface area contributed by atoms with Crippen LogP contribution in [0.25, 0.3) is 10.9 Å². The van der Waals surface area contributed by atoms with Crippen LogP contribution >= 0.6 is 0 Å². The van der Waals surface area contributed by atoms with Crippen LogP contribution in [0.15, 0.2) is 30.5 Å². The molecule has 0 radical (unpaired) electrons. The van der Waals surface area contributed by atoms with Crippen LogP contribution in [0.5, 0.6) is 0 Å². The van der Waals surface area contributed by atoms with E-state index in [-0.39, 0.29) is 0 Å². The van der Waals surface area contributed by atoms with Crippen LogP contribution in [0.2, 0.25) is 0 Å². The van der Waals surface area contributed by atoms with Gasteiger partial charge in [-0.1, -0.05) is 25.1 Å². The number of hydrogen-bond donors (Lipinski definition) is 0. The lowest BCUT2D eigenvalue weighted by Crippen LogP contribution is -2.18. The lowest BCUT2D eigenvalue weighted by atomic mass is 10.1. The molecule has 2 nitrogen and oxygen atoms in total. The lowest BCUT2D eigenvalue weighted by molar-refractivity contribution is 0.387. The molecule has 0 spiro atoms. The molecular formula is C14H20N2. The second-order valence-corrected chi connectivity index (χ2v) is 4.52. The molecule has 0 bridgehead atoms. The molecule has 0 N–H and O–H groups in total. The average molecular weight is 216 g/mol. The topological polar surface area (TPSA) is 8.17 Å². The zero-order valence-electron chi connectivity index (χ0n) is 10.4. The summed E-state index contributed by atoms with van der Waals surface area (Å²) in [7, 11) is 4.23. The van der Waals surface area contributed by atoms with Gasteiger partial charge >= 0.3 is 0 Å². The molecule has 1 aromatic heterocycles. The summed E-state index contributed by atoms with van der Waals surface area (Å²) < 4.78 is 2.37. The summed E-state index contributed by atoms with van der Waals surface area (Å²) in [4.78, 5) is 2.22. The third-order valence-electron chi connectivity index (χ3n) is 3.04. The molecule has 2 heteroatoms. The predicted molar refractivity (Wildman–Crippen MR) is 69.9 cm³/mol. The van der Waals surface area contributed by atoms with Crippen molar-refractivity contribution in [3.8, 4) is 0 Å². The van der Waals surface area contributed by atoms with Crippen molar-refractivity contribution in [2.24, 2.45) is 0 Å². The maximum absolute atomic E-state index is 2.37. The molecular weight excluding hydrogens is 196 g/mol. The number of hydrogen-bond acceptors (Lipinski definition) is 1. The van der Waals surface area contributed by atoms with Crippen LogP contribution in [-0.2, 0) is 13.0 Å².